The lowest BCUT2D eigenvalue weighted by Crippen LogP contribution is -2.04. The minimum absolute atomic E-state index is 0.901. The molecule has 0 aliphatic heterocycles. The third kappa shape index (κ3) is 2.65. The number of aryl methyl sites for hydroxylation is 1. The van der Waals surface area contributed by atoms with E-state index in [1.807, 2.05) is 31.6 Å². The van der Waals surface area contributed by atoms with Crippen molar-refractivity contribution in [2.45, 2.75) is 19.9 Å². The van der Waals surface area contributed by atoms with Gasteiger partial charge in [-0.05, 0) is 31.7 Å². The molecule has 0 atom stereocenters. The van der Waals surface area contributed by atoms with Crippen molar-refractivity contribution in [3.63, 3.8) is 0 Å². The van der Waals surface area contributed by atoms with E-state index in [0.717, 1.165) is 18.7 Å². The first-order valence-corrected chi connectivity index (χ1v) is 6.10. The Hall–Kier alpha value is -1.26. The highest BCUT2D eigenvalue weighted by molar-refractivity contribution is 7.11. The molecule has 0 bridgehead atoms. The quantitative estimate of drug-likeness (QED) is 0.879. The van der Waals surface area contributed by atoms with Crippen LogP contribution in [0.15, 0.2) is 24.5 Å². The Morgan fingerprint density at radius 1 is 1.31 bits per heavy atom. The minimum atomic E-state index is 0.901. The van der Waals surface area contributed by atoms with E-state index in [-0.39, 0.29) is 0 Å². The van der Waals surface area contributed by atoms with E-state index in [1.165, 1.54) is 15.4 Å². The summed E-state index contributed by atoms with van der Waals surface area (Å²) in [5, 5.41) is 4.34. The predicted octanol–water partition coefficient (Wildman–Crippen LogP) is 2.16. The van der Waals surface area contributed by atoms with Crippen LogP contribution in [0, 0.1) is 6.92 Å². The largest absolute Gasteiger partial charge is 0.315 e. The molecule has 0 fully saturated rings. The number of thiazole rings is 1. The van der Waals surface area contributed by atoms with Crippen molar-refractivity contribution in [2.24, 2.45) is 0 Å². The third-order valence-electron chi connectivity index (χ3n) is 2.38. The average molecular weight is 233 g/mol. The number of nitrogens with zero attached hydrogens (tertiary/aromatic N) is 2. The number of aromatic nitrogens is 2. The second kappa shape index (κ2) is 5.18. The molecule has 16 heavy (non-hydrogen) atoms. The maximum Gasteiger partial charge on any atom is 0.0975 e. The molecule has 0 aromatic carbocycles. The molecular weight excluding hydrogens is 218 g/mol. The molecule has 0 aliphatic carbocycles. The molecule has 2 rings (SSSR count). The van der Waals surface area contributed by atoms with Gasteiger partial charge in [0.2, 0.25) is 0 Å². The highest BCUT2D eigenvalue weighted by Crippen LogP contribution is 2.20. The van der Waals surface area contributed by atoms with E-state index in [2.05, 4.69) is 22.2 Å². The van der Waals surface area contributed by atoms with Crippen LogP contribution in [0.25, 0.3) is 0 Å². The van der Waals surface area contributed by atoms with E-state index in [9.17, 15) is 0 Å². The first-order chi connectivity index (χ1) is 7.79. The van der Waals surface area contributed by atoms with Crippen LogP contribution in [0.1, 0.15) is 21.1 Å². The van der Waals surface area contributed by atoms with Crippen molar-refractivity contribution < 1.29 is 0 Å². The second-order valence-electron chi connectivity index (χ2n) is 3.68. The van der Waals surface area contributed by atoms with Crippen molar-refractivity contribution in [2.75, 3.05) is 7.05 Å². The van der Waals surface area contributed by atoms with Crippen molar-refractivity contribution in [1.82, 2.24) is 15.3 Å². The Bertz CT molecular complexity index is 451. The molecule has 2 heterocycles. The first-order valence-electron chi connectivity index (χ1n) is 5.28. The average Bonchev–Trinajstić information content (AvgIpc) is 2.61. The molecular formula is C12H15N3S. The van der Waals surface area contributed by atoms with Gasteiger partial charge in [0.15, 0.2) is 0 Å². The summed E-state index contributed by atoms with van der Waals surface area (Å²) in [6, 6.07) is 4.07. The van der Waals surface area contributed by atoms with Gasteiger partial charge in [-0.25, -0.2) is 4.98 Å². The molecule has 84 valence electrons. The fourth-order valence-corrected chi connectivity index (χ4v) is 2.68. The molecule has 0 saturated heterocycles. The molecule has 3 nitrogen and oxygen atoms in total. The highest BCUT2D eigenvalue weighted by atomic mass is 32.1. The third-order valence-corrected chi connectivity index (χ3v) is 3.54. The predicted molar refractivity (Wildman–Crippen MR) is 66.7 cm³/mol. The Morgan fingerprint density at radius 2 is 2.06 bits per heavy atom. The van der Waals surface area contributed by atoms with Crippen LogP contribution < -0.4 is 5.32 Å². The number of rotatable bonds is 4. The maximum atomic E-state index is 4.58. The summed E-state index contributed by atoms with van der Waals surface area (Å²) in [7, 11) is 1.96. The van der Waals surface area contributed by atoms with Crippen molar-refractivity contribution >= 4 is 11.3 Å². The van der Waals surface area contributed by atoms with Gasteiger partial charge in [-0.15, -0.1) is 11.3 Å². The molecule has 2 aromatic rings. The van der Waals surface area contributed by atoms with Gasteiger partial charge in [-0.3, -0.25) is 4.98 Å². The van der Waals surface area contributed by atoms with E-state index in [4.69, 9.17) is 0 Å². The van der Waals surface area contributed by atoms with E-state index >= 15 is 0 Å². The number of pyridine rings is 1. The number of hydrogen-bond donors (Lipinski definition) is 1. The van der Waals surface area contributed by atoms with Crippen molar-refractivity contribution in [3.05, 3.63) is 45.7 Å². The lowest BCUT2D eigenvalue weighted by Gasteiger charge is -1.95. The topological polar surface area (TPSA) is 37.8 Å². The van der Waals surface area contributed by atoms with E-state index in [1.54, 1.807) is 11.3 Å². The maximum absolute atomic E-state index is 4.58. The lowest BCUT2D eigenvalue weighted by molar-refractivity contribution is 0.822. The van der Waals surface area contributed by atoms with E-state index < -0.39 is 0 Å². The molecule has 0 aliphatic rings. The molecule has 2 aromatic heterocycles. The van der Waals surface area contributed by atoms with Gasteiger partial charge >= 0.3 is 0 Å². The Morgan fingerprint density at radius 3 is 2.75 bits per heavy atom. The Labute approximate surface area is 99.6 Å². The molecule has 0 saturated carbocycles. The fraction of sp³-hybridized carbons (Fsp3) is 0.333. The smallest absolute Gasteiger partial charge is 0.0975 e. The number of nitrogens with one attached hydrogen (secondary N) is 1. The standard InChI is InChI=1S/C12H15N3S/c1-9-11(8-13-2)16-12(15-9)7-10-3-5-14-6-4-10/h3-6,13H,7-8H2,1-2H3. The summed E-state index contributed by atoms with van der Waals surface area (Å²) in [4.78, 5) is 9.92. The second-order valence-corrected chi connectivity index (χ2v) is 4.85. The van der Waals surface area contributed by atoms with Crippen LogP contribution in [0.4, 0.5) is 0 Å². The zero-order valence-electron chi connectivity index (χ0n) is 9.53. The van der Waals surface area contributed by atoms with Crippen LogP contribution in [0.2, 0.25) is 0 Å². The summed E-state index contributed by atoms with van der Waals surface area (Å²) < 4.78 is 0. The highest BCUT2D eigenvalue weighted by Gasteiger charge is 2.07. The van der Waals surface area contributed by atoms with Gasteiger partial charge < -0.3 is 5.32 Å². The molecule has 0 spiro atoms. The lowest BCUT2D eigenvalue weighted by atomic mass is 10.2. The van der Waals surface area contributed by atoms with Gasteiger partial charge in [0, 0.05) is 30.2 Å². The van der Waals surface area contributed by atoms with Gasteiger partial charge in [-0.1, -0.05) is 0 Å². The summed E-state index contributed by atoms with van der Waals surface area (Å²) in [6.45, 7) is 2.97. The summed E-state index contributed by atoms with van der Waals surface area (Å²) in [5.41, 5.74) is 2.41. The zero-order chi connectivity index (χ0) is 11.4. The van der Waals surface area contributed by atoms with Crippen LogP contribution in [0.3, 0.4) is 0 Å². The van der Waals surface area contributed by atoms with Crippen LogP contribution in [0.5, 0.6) is 0 Å². The monoisotopic (exact) mass is 233 g/mol. The molecule has 4 heteroatoms. The summed E-state index contributed by atoms with van der Waals surface area (Å²) in [6.07, 6.45) is 4.55. The van der Waals surface area contributed by atoms with Crippen LogP contribution in [-0.4, -0.2) is 17.0 Å². The Kier molecular flexibility index (Phi) is 3.64. The number of hydrogen-bond acceptors (Lipinski definition) is 4. The van der Waals surface area contributed by atoms with Gasteiger partial charge in [0.25, 0.3) is 0 Å². The zero-order valence-corrected chi connectivity index (χ0v) is 10.3. The molecule has 0 unspecified atom stereocenters. The van der Waals surface area contributed by atoms with Gasteiger partial charge in [0.05, 0.1) is 10.7 Å². The fourth-order valence-electron chi connectivity index (χ4n) is 1.56. The summed E-state index contributed by atoms with van der Waals surface area (Å²) in [5.74, 6) is 0. The molecule has 0 radical (unpaired) electrons. The van der Waals surface area contributed by atoms with Gasteiger partial charge in [0.1, 0.15) is 0 Å². The van der Waals surface area contributed by atoms with Crippen LogP contribution in [-0.2, 0) is 13.0 Å². The molecule has 0 amide bonds. The minimum Gasteiger partial charge on any atom is -0.315 e. The van der Waals surface area contributed by atoms with Crippen LogP contribution >= 0.6 is 11.3 Å². The summed E-state index contributed by atoms with van der Waals surface area (Å²) >= 11 is 1.78. The van der Waals surface area contributed by atoms with Gasteiger partial charge in [-0.2, -0.15) is 0 Å². The first kappa shape index (κ1) is 11.2. The van der Waals surface area contributed by atoms with E-state index in [0.29, 0.717) is 0 Å². The van der Waals surface area contributed by atoms with Crippen molar-refractivity contribution in [1.29, 1.82) is 0 Å². The normalized spacial score (nSPS) is 10.6. The SMILES string of the molecule is CNCc1sc(Cc2ccncc2)nc1C. The molecule has 1 N–H and O–H groups in total. The Balaban J connectivity index is 2.13. The van der Waals surface area contributed by atoms with Crippen molar-refractivity contribution in [3.8, 4) is 0 Å².